The summed E-state index contributed by atoms with van der Waals surface area (Å²) in [6.45, 7) is 5.65. The van der Waals surface area contributed by atoms with E-state index in [2.05, 4.69) is 0 Å². The van der Waals surface area contributed by atoms with Crippen LogP contribution < -0.4 is 5.14 Å². The molecule has 52 valence electrons. The highest BCUT2D eigenvalue weighted by Gasteiger charge is 2.20. The predicted octanol–water partition coefficient (Wildman–Crippen LogP) is 0.305. The van der Waals surface area contributed by atoms with Crippen LogP contribution in [0.15, 0.2) is 0 Å². The van der Waals surface area contributed by atoms with E-state index in [4.69, 9.17) is 5.14 Å². The van der Waals surface area contributed by atoms with Crippen LogP contribution in [0.25, 0.3) is 0 Å². The highest BCUT2D eigenvalue weighted by molar-refractivity contribution is 8.01. The molecule has 0 amide bonds. The van der Waals surface area contributed by atoms with Crippen molar-refractivity contribution in [2.24, 2.45) is 5.14 Å². The van der Waals surface area contributed by atoms with E-state index in [0.717, 1.165) is 0 Å². The minimum atomic E-state index is -2.35. The minimum absolute atomic E-state index is 0.229. The summed E-state index contributed by atoms with van der Waals surface area (Å²) in [5.41, 5.74) is 0. The van der Waals surface area contributed by atoms with Gasteiger partial charge >= 0.3 is 0 Å². The van der Waals surface area contributed by atoms with Crippen molar-refractivity contribution in [3.63, 3.8) is 0 Å². The average molecular weight is 137 g/mol. The summed E-state index contributed by atoms with van der Waals surface area (Å²) >= 11 is 0. The number of nitrogens with two attached hydrogens (primary N) is 1. The molecule has 0 aliphatic rings. The first-order chi connectivity index (χ1) is 3.25. The summed E-state index contributed by atoms with van der Waals surface area (Å²) in [7, 11) is -2.35. The summed E-state index contributed by atoms with van der Waals surface area (Å²) in [6.07, 6.45) is 1.60. The average Bonchev–Trinajstić information content (AvgIpc) is 1.25. The molecule has 0 heterocycles. The van der Waals surface area contributed by atoms with Crippen LogP contribution in [0, 0.1) is 0 Å². The van der Waals surface area contributed by atoms with E-state index < -0.39 is 10.1 Å². The number of thiol groups is 1. The Bertz CT molecular complexity index is 119. The maximum absolute atomic E-state index is 11.0. The van der Waals surface area contributed by atoms with Crippen molar-refractivity contribution in [3.8, 4) is 0 Å². The molecular weight excluding hydrogens is 122 g/mol. The Morgan fingerprint density at radius 3 is 1.50 bits per heavy atom. The van der Waals surface area contributed by atoms with Gasteiger partial charge in [0.25, 0.3) is 0 Å². The Labute approximate surface area is 52.0 Å². The van der Waals surface area contributed by atoms with Gasteiger partial charge in [0.05, 0.1) is 0 Å². The highest BCUT2D eigenvalue weighted by Crippen LogP contribution is 2.14. The molecule has 0 unspecified atom stereocenters. The van der Waals surface area contributed by atoms with Gasteiger partial charge in [-0.15, -0.1) is 0 Å². The molecule has 0 spiro atoms. The van der Waals surface area contributed by atoms with Gasteiger partial charge in [0.15, 0.2) is 0 Å². The number of hydrogen-bond acceptors (Lipinski definition) is 1. The van der Waals surface area contributed by atoms with E-state index in [1.54, 1.807) is 6.26 Å². The fourth-order valence-electron chi connectivity index (χ4n) is 0. The lowest BCUT2D eigenvalue weighted by molar-refractivity contribution is 0.638. The van der Waals surface area contributed by atoms with Gasteiger partial charge in [-0.05, 0) is 20.8 Å². The lowest BCUT2D eigenvalue weighted by Crippen LogP contribution is -2.40. The van der Waals surface area contributed by atoms with E-state index >= 15 is 0 Å². The summed E-state index contributed by atoms with van der Waals surface area (Å²) in [6, 6.07) is 0. The summed E-state index contributed by atoms with van der Waals surface area (Å²) in [5.74, 6) is 0. The second-order valence-electron chi connectivity index (χ2n) is 3.16. The molecule has 0 aliphatic heterocycles. The van der Waals surface area contributed by atoms with Crippen molar-refractivity contribution in [3.05, 3.63) is 0 Å². The van der Waals surface area contributed by atoms with Gasteiger partial charge in [-0.2, -0.15) is 0 Å². The van der Waals surface area contributed by atoms with Crippen LogP contribution in [0.3, 0.4) is 0 Å². The van der Waals surface area contributed by atoms with Crippen molar-refractivity contribution >= 4 is 10.1 Å². The summed E-state index contributed by atoms with van der Waals surface area (Å²) < 4.78 is 10.8. The molecular formula is C5H15NOS. The van der Waals surface area contributed by atoms with Crippen molar-refractivity contribution in [2.45, 2.75) is 25.5 Å². The van der Waals surface area contributed by atoms with Crippen LogP contribution in [0.4, 0.5) is 0 Å². The van der Waals surface area contributed by atoms with Crippen LogP contribution in [-0.4, -0.2) is 15.2 Å². The second-order valence-corrected chi connectivity index (χ2v) is 6.48. The van der Waals surface area contributed by atoms with Crippen LogP contribution in [-0.2, 0) is 10.1 Å². The first-order valence-corrected chi connectivity index (χ1v) is 4.83. The van der Waals surface area contributed by atoms with Crippen molar-refractivity contribution < 1.29 is 4.21 Å². The molecule has 2 N–H and O–H groups in total. The topological polar surface area (TPSA) is 43.1 Å². The molecule has 0 radical (unpaired) electrons. The molecule has 0 bridgehead atoms. The zero-order valence-electron chi connectivity index (χ0n) is 5.93. The Hall–Kier alpha value is 0.110. The van der Waals surface area contributed by atoms with Crippen molar-refractivity contribution in [2.75, 3.05) is 6.26 Å². The SMILES string of the molecule is CC(C)(C)[SH](C)(N)=O. The third-order valence-corrected chi connectivity index (χ3v) is 4.00. The van der Waals surface area contributed by atoms with E-state index in [1.807, 2.05) is 20.8 Å². The van der Waals surface area contributed by atoms with E-state index in [-0.39, 0.29) is 4.75 Å². The fourth-order valence-corrected chi connectivity index (χ4v) is 0. The molecule has 0 saturated carbocycles. The maximum Gasteiger partial charge on any atom is 0.0264 e. The largest absolute Gasteiger partial charge is 0.273 e. The number of rotatable bonds is 0. The lowest BCUT2D eigenvalue weighted by atomic mass is 10.3. The quantitative estimate of drug-likeness (QED) is 0.463. The second kappa shape index (κ2) is 1.81. The zero-order valence-corrected chi connectivity index (χ0v) is 6.83. The van der Waals surface area contributed by atoms with Gasteiger partial charge in [0, 0.05) is 11.0 Å². The van der Waals surface area contributed by atoms with E-state index in [1.165, 1.54) is 0 Å². The molecule has 0 atom stereocenters. The Balaban J connectivity index is 4.26. The van der Waals surface area contributed by atoms with Crippen molar-refractivity contribution in [1.82, 2.24) is 0 Å². The zero-order chi connectivity index (χ0) is 7.00. The molecule has 0 aromatic rings. The van der Waals surface area contributed by atoms with Crippen molar-refractivity contribution in [1.29, 1.82) is 0 Å². The smallest absolute Gasteiger partial charge is 0.0264 e. The van der Waals surface area contributed by atoms with Gasteiger partial charge in [-0.25, -0.2) is 0 Å². The van der Waals surface area contributed by atoms with Crippen LogP contribution in [0.2, 0.25) is 0 Å². The first-order valence-electron chi connectivity index (χ1n) is 2.61. The predicted molar refractivity (Wildman–Crippen MR) is 39.4 cm³/mol. The standard InChI is InChI=1S/C5H15NOS/c1-5(2,3)8(4,6)7/h8H,1-4H3,(H2,6,7). The van der Waals surface area contributed by atoms with Crippen LogP contribution in [0.1, 0.15) is 20.8 Å². The van der Waals surface area contributed by atoms with Crippen LogP contribution >= 0.6 is 0 Å². The van der Waals surface area contributed by atoms with Gasteiger partial charge in [-0.1, -0.05) is 10.1 Å². The first kappa shape index (κ1) is 8.11. The van der Waals surface area contributed by atoms with E-state index in [9.17, 15) is 4.21 Å². The minimum Gasteiger partial charge on any atom is -0.273 e. The summed E-state index contributed by atoms with van der Waals surface area (Å²) in [4.78, 5) is 0. The Morgan fingerprint density at radius 2 is 1.50 bits per heavy atom. The van der Waals surface area contributed by atoms with Crippen LogP contribution in [0.5, 0.6) is 0 Å². The molecule has 0 aliphatic carbocycles. The molecule has 0 rings (SSSR count). The third kappa shape index (κ3) is 1.92. The van der Waals surface area contributed by atoms with Gasteiger partial charge < -0.3 is 0 Å². The summed E-state index contributed by atoms with van der Waals surface area (Å²) in [5, 5.41) is 5.37. The third-order valence-electron chi connectivity index (χ3n) is 1.33. The van der Waals surface area contributed by atoms with Gasteiger partial charge in [0.2, 0.25) is 0 Å². The van der Waals surface area contributed by atoms with Gasteiger partial charge in [0.1, 0.15) is 0 Å². The Morgan fingerprint density at radius 1 is 1.38 bits per heavy atom. The van der Waals surface area contributed by atoms with Gasteiger partial charge in [-0.3, -0.25) is 9.35 Å². The lowest BCUT2D eigenvalue weighted by Gasteiger charge is -2.28. The molecule has 0 aromatic heterocycles. The number of hydrogen-bond donors (Lipinski definition) is 2. The molecule has 0 fully saturated rings. The molecule has 8 heavy (non-hydrogen) atoms. The molecule has 0 saturated heterocycles. The fraction of sp³-hybridized carbons (Fsp3) is 1.00. The normalized spacial score (nSPS) is 16.1. The molecule has 2 nitrogen and oxygen atoms in total. The molecule has 3 heteroatoms. The molecule has 0 aromatic carbocycles. The Kier molecular flexibility index (Phi) is 1.83. The maximum atomic E-state index is 11.0. The highest BCUT2D eigenvalue weighted by atomic mass is 32.3. The van der Waals surface area contributed by atoms with E-state index in [0.29, 0.717) is 0 Å². The monoisotopic (exact) mass is 137 g/mol.